The van der Waals surface area contributed by atoms with E-state index in [1.54, 1.807) is 6.20 Å². The minimum Gasteiger partial charge on any atom is -0.323 e. The van der Waals surface area contributed by atoms with Crippen molar-refractivity contribution in [2.24, 2.45) is 5.92 Å². The van der Waals surface area contributed by atoms with Gasteiger partial charge in [-0.25, -0.2) is 0 Å². The van der Waals surface area contributed by atoms with Gasteiger partial charge in [0.15, 0.2) is 0 Å². The molecule has 1 aromatic carbocycles. The molecule has 0 saturated carbocycles. The van der Waals surface area contributed by atoms with Crippen molar-refractivity contribution in [1.82, 2.24) is 15.1 Å². The molecule has 0 atom stereocenters. The van der Waals surface area contributed by atoms with Crippen LogP contribution in [0.3, 0.4) is 0 Å². The topological polar surface area (TPSA) is 59.0 Å². The summed E-state index contributed by atoms with van der Waals surface area (Å²) in [5.74, 6) is 0.546. The number of amides is 1. The van der Waals surface area contributed by atoms with E-state index in [0.717, 1.165) is 18.8 Å². The highest BCUT2D eigenvalue weighted by Crippen LogP contribution is 2.12. The lowest BCUT2D eigenvalue weighted by atomic mass is 9.99. The second kappa shape index (κ2) is 5.88. The Morgan fingerprint density at radius 3 is 2.85 bits per heavy atom. The minimum atomic E-state index is 0.0655. The summed E-state index contributed by atoms with van der Waals surface area (Å²) in [6.45, 7) is 2.60. The molecule has 1 fully saturated rings. The Morgan fingerprint density at radius 2 is 2.15 bits per heavy atom. The van der Waals surface area contributed by atoms with Gasteiger partial charge in [-0.05, 0) is 24.6 Å². The second-order valence-corrected chi connectivity index (χ2v) is 5.19. The molecular weight excluding hydrogens is 252 g/mol. The fraction of sp³-hybridized carbons (Fsp3) is 0.333. The van der Waals surface area contributed by atoms with Gasteiger partial charge in [-0.3, -0.25) is 9.48 Å². The van der Waals surface area contributed by atoms with E-state index < -0.39 is 0 Å². The van der Waals surface area contributed by atoms with Crippen LogP contribution in [0.25, 0.3) is 0 Å². The van der Waals surface area contributed by atoms with Crippen molar-refractivity contribution in [3.05, 3.63) is 48.3 Å². The first-order chi connectivity index (χ1) is 9.79. The van der Waals surface area contributed by atoms with Gasteiger partial charge in [0.2, 0.25) is 5.91 Å². The molecule has 0 bridgehead atoms. The third kappa shape index (κ3) is 3.24. The van der Waals surface area contributed by atoms with E-state index in [4.69, 9.17) is 0 Å². The summed E-state index contributed by atoms with van der Waals surface area (Å²) in [6.07, 6.45) is 4.14. The van der Waals surface area contributed by atoms with E-state index in [1.165, 1.54) is 5.56 Å². The molecule has 1 aliphatic heterocycles. The Bertz CT molecular complexity index is 575. The number of anilines is 1. The Balaban J connectivity index is 1.55. The zero-order valence-electron chi connectivity index (χ0n) is 11.2. The molecule has 0 unspecified atom stereocenters. The van der Waals surface area contributed by atoms with Crippen molar-refractivity contribution in [1.29, 1.82) is 0 Å². The third-order valence-electron chi connectivity index (χ3n) is 3.44. The maximum absolute atomic E-state index is 11.8. The van der Waals surface area contributed by atoms with Crippen molar-refractivity contribution in [3.63, 3.8) is 0 Å². The van der Waals surface area contributed by atoms with Gasteiger partial charge in [-0.2, -0.15) is 5.10 Å². The molecule has 1 saturated heterocycles. The molecule has 5 nitrogen and oxygen atoms in total. The van der Waals surface area contributed by atoms with Crippen molar-refractivity contribution in [3.8, 4) is 0 Å². The maximum atomic E-state index is 11.8. The number of nitrogens with zero attached hydrogens (tertiary/aromatic N) is 2. The Morgan fingerprint density at radius 1 is 1.35 bits per heavy atom. The zero-order chi connectivity index (χ0) is 13.8. The molecule has 2 aromatic rings. The summed E-state index contributed by atoms with van der Waals surface area (Å²) in [6, 6.07) is 10.1. The van der Waals surface area contributed by atoms with Crippen LogP contribution in [-0.2, 0) is 11.3 Å². The van der Waals surface area contributed by atoms with E-state index in [2.05, 4.69) is 27.9 Å². The summed E-state index contributed by atoms with van der Waals surface area (Å²) in [5.41, 5.74) is 1.95. The zero-order valence-corrected chi connectivity index (χ0v) is 11.2. The lowest BCUT2D eigenvalue weighted by Crippen LogP contribution is -2.43. The number of aromatic nitrogens is 2. The molecule has 0 radical (unpaired) electrons. The van der Waals surface area contributed by atoms with Crippen molar-refractivity contribution in [2.75, 3.05) is 18.4 Å². The highest BCUT2D eigenvalue weighted by atomic mass is 16.1. The highest BCUT2D eigenvalue weighted by molar-refractivity contribution is 5.90. The minimum absolute atomic E-state index is 0.0655. The van der Waals surface area contributed by atoms with Crippen LogP contribution in [0, 0.1) is 5.92 Å². The number of benzene rings is 1. The van der Waals surface area contributed by atoms with Gasteiger partial charge in [0.1, 0.15) is 0 Å². The van der Waals surface area contributed by atoms with Gasteiger partial charge < -0.3 is 10.6 Å². The first kappa shape index (κ1) is 12.9. The summed E-state index contributed by atoms with van der Waals surface area (Å²) in [4.78, 5) is 11.8. The van der Waals surface area contributed by atoms with Gasteiger partial charge in [-0.15, -0.1) is 0 Å². The van der Waals surface area contributed by atoms with Crippen LogP contribution < -0.4 is 10.6 Å². The first-order valence-corrected chi connectivity index (χ1v) is 6.86. The quantitative estimate of drug-likeness (QED) is 0.865. The van der Waals surface area contributed by atoms with Crippen LogP contribution >= 0.6 is 0 Å². The average molecular weight is 270 g/mol. The molecule has 1 aliphatic rings. The fourth-order valence-corrected chi connectivity index (χ4v) is 2.25. The lowest BCUT2D eigenvalue weighted by Gasteiger charge is -2.26. The molecule has 5 heteroatoms. The molecule has 1 amide bonds. The molecule has 0 spiro atoms. The van der Waals surface area contributed by atoms with Crippen LogP contribution in [0.15, 0.2) is 42.7 Å². The van der Waals surface area contributed by atoms with Crippen LogP contribution in [0.2, 0.25) is 0 Å². The Kier molecular flexibility index (Phi) is 3.78. The molecule has 20 heavy (non-hydrogen) atoms. The highest BCUT2D eigenvalue weighted by Gasteiger charge is 2.20. The molecule has 1 aromatic heterocycles. The standard InChI is InChI=1S/C15H18N4O/c20-15(6-13-7-16-8-13)18-14-9-17-19(11-14)10-12-4-2-1-3-5-12/h1-5,9,11,13,16H,6-8,10H2,(H,18,20). The van der Waals surface area contributed by atoms with E-state index in [9.17, 15) is 4.79 Å². The number of hydrogen-bond acceptors (Lipinski definition) is 3. The summed E-state index contributed by atoms with van der Waals surface area (Å²) in [5, 5.41) is 10.3. The normalized spacial score (nSPS) is 14.8. The van der Waals surface area contributed by atoms with Crippen molar-refractivity contribution < 1.29 is 4.79 Å². The van der Waals surface area contributed by atoms with Crippen LogP contribution in [0.4, 0.5) is 5.69 Å². The largest absolute Gasteiger partial charge is 0.323 e. The smallest absolute Gasteiger partial charge is 0.224 e. The fourth-order valence-electron chi connectivity index (χ4n) is 2.25. The van der Waals surface area contributed by atoms with Gasteiger partial charge in [0, 0.05) is 12.6 Å². The SMILES string of the molecule is O=C(CC1CNC1)Nc1cnn(Cc2ccccc2)c1. The van der Waals surface area contributed by atoms with Crippen LogP contribution in [0.1, 0.15) is 12.0 Å². The molecule has 104 valence electrons. The number of nitrogens with one attached hydrogen (secondary N) is 2. The molecule has 0 aliphatic carbocycles. The monoisotopic (exact) mass is 270 g/mol. The van der Waals surface area contributed by atoms with Crippen molar-refractivity contribution >= 4 is 11.6 Å². The van der Waals surface area contributed by atoms with Gasteiger partial charge in [0.25, 0.3) is 0 Å². The average Bonchev–Trinajstić information content (AvgIpc) is 2.82. The third-order valence-corrected chi connectivity index (χ3v) is 3.44. The van der Waals surface area contributed by atoms with Gasteiger partial charge in [0.05, 0.1) is 18.4 Å². The molecule has 3 rings (SSSR count). The number of rotatable bonds is 5. The Hall–Kier alpha value is -2.14. The molecule has 2 N–H and O–H groups in total. The van der Waals surface area contributed by atoms with E-state index in [1.807, 2.05) is 29.1 Å². The first-order valence-electron chi connectivity index (χ1n) is 6.86. The number of carbonyl (C=O) groups excluding carboxylic acids is 1. The van der Waals surface area contributed by atoms with Crippen LogP contribution in [-0.4, -0.2) is 28.8 Å². The number of carbonyl (C=O) groups is 1. The molecule has 2 heterocycles. The van der Waals surface area contributed by atoms with E-state index in [0.29, 0.717) is 18.9 Å². The predicted molar refractivity (Wildman–Crippen MR) is 77.4 cm³/mol. The van der Waals surface area contributed by atoms with E-state index >= 15 is 0 Å². The van der Waals surface area contributed by atoms with Crippen LogP contribution in [0.5, 0.6) is 0 Å². The number of hydrogen-bond donors (Lipinski definition) is 2. The maximum Gasteiger partial charge on any atom is 0.224 e. The summed E-state index contributed by atoms with van der Waals surface area (Å²) < 4.78 is 1.83. The predicted octanol–water partition coefficient (Wildman–Crippen LogP) is 1.48. The Labute approximate surface area is 118 Å². The van der Waals surface area contributed by atoms with E-state index in [-0.39, 0.29) is 5.91 Å². The summed E-state index contributed by atoms with van der Waals surface area (Å²) >= 11 is 0. The van der Waals surface area contributed by atoms with Crippen molar-refractivity contribution in [2.45, 2.75) is 13.0 Å². The second-order valence-electron chi connectivity index (χ2n) is 5.19. The lowest BCUT2D eigenvalue weighted by molar-refractivity contribution is -0.117. The van der Waals surface area contributed by atoms with Gasteiger partial charge in [-0.1, -0.05) is 30.3 Å². The van der Waals surface area contributed by atoms with Gasteiger partial charge >= 0.3 is 0 Å². The summed E-state index contributed by atoms with van der Waals surface area (Å²) in [7, 11) is 0. The molecular formula is C15H18N4O.